The average Bonchev–Trinajstić information content (AvgIpc) is 3.38. The van der Waals surface area contributed by atoms with Crippen LogP contribution in [0, 0.1) is 11.8 Å². The Hall–Kier alpha value is -2.64. The molecule has 0 spiro atoms. The molecule has 2 aliphatic rings. The first-order chi connectivity index (χ1) is 13.7. The summed E-state index contributed by atoms with van der Waals surface area (Å²) in [5, 5.41) is 20.0. The summed E-state index contributed by atoms with van der Waals surface area (Å²) in [6, 6.07) is 9.58. The highest BCUT2D eigenvalue weighted by Gasteiger charge is 2.25. The van der Waals surface area contributed by atoms with E-state index in [2.05, 4.69) is 0 Å². The first-order valence-corrected chi connectivity index (χ1v) is 9.28. The Morgan fingerprint density at radius 3 is 2.21 bits per heavy atom. The number of methoxy groups -OCH3 is 1. The van der Waals surface area contributed by atoms with Gasteiger partial charge < -0.3 is 33.9 Å². The fourth-order valence-electron chi connectivity index (χ4n) is 3.74. The minimum absolute atomic E-state index is 0.0264. The number of fused-ring (bicyclic) bond motifs is 2. The van der Waals surface area contributed by atoms with Crippen LogP contribution in [0.5, 0.6) is 28.7 Å². The third-order valence-electron chi connectivity index (χ3n) is 5.29. The largest absolute Gasteiger partial charge is 0.493 e. The molecule has 0 aromatic heterocycles. The first kappa shape index (κ1) is 18.7. The summed E-state index contributed by atoms with van der Waals surface area (Å²) in [7, 11) is 1.58. The molecule has 0 aliphatic carbocycles. The van der Waals surface area contributed by atoms with Gasteiger partial charge in [-0.15, -0.1) is 0 Å². The van der Waals surface area contributed by atoms with Crippen molar-refractivity contribution < 1.29 is 33.9 Å². The molecule has 150 valence electrons. The summed E-state index contributed by atoms with van der Waals surface area (Å²) in [6.07, 6.45) is 1.21. The van der Waals surface area contributed by atoms with Gasteiger partial charge in [0.05, 0.1) is 7.11 Å². The lowest BCUT2D eigenvalue weighted by molar-refractivity contribution is 0.119. The van der Waals surface area contributed by atoms with Gasteiger partial charge in [-0.2, -0.15) is 0 Å². The van der Waals surface area contributed by atoms with E-state index in [1.165, 1.54) is 0 Å². The van der Waals surface area contributed by atoms with Crippen molar-refractivity contribution in [3.05, 3.63) is 41.5 Å². The quantitative estimate of drug-likeness (QED) is 0.717. The third-order valence-corrected chi connectivity index (χ3v) is 5.29. The number of rotatable bonds is 8. The maximum Gasteiger partial charge on any atom is 0.231 e. The van der Waals surface area contributed by atoms with E-state index in [-0.39, 0.29) is 38.6 Å². The molecule has 2 N–H and O–H groups in total. The molecule has 2 heterocycles. The van der Waals surface area contributed by atoms with E-state index in [1.54, 1.807) is 7.11 Å². The fourth-order valence-corrected chi connectivity index (χ4v) is 3.74. The van der Waals surface area contributed by atoms with E-state index >= 15 is 0 Å². The van der Waals surface area contributed by atoms with Crippen LogP contribution >= 0.6 is 0 Å². The zero-order valence-electron chi connectivity index (χ0n) is 15.7. The summed E-state index contributed by atoms with van der Waals surface area (Å²) < 4.78 is 27.1. The van der Waals surface area contributed by atoms with Crippen molar-refractivity contribution in [2.45, 2.75) is 12.8 Å². The number of benzene rings is 2. The van der Waals surface area contributed by atoms with Crippen LogP contribution in [-0.4, -0.2) is 44.1 Å². The van der Waals surface area contributed by atoms with Crippen LogP contribution in [0.1, 0.15) is 11.1 Å². The zero-order valence-corrected chi connectivity index (χ0v) is 15.7. The Kier molecular flexibility index (Phi) is 5.45. The molecule has 2 aromatic rings. The predicted octanol–water partition coefficient (Wildman–Crippen LogP) is 2.15. The monoisotopic (exact) mass is 388 g/mol. The van der Waals surface area contributed by atoms with Gasteiger partial charge in [-0.05, 0) is 60.1 Å². The third kappa shape index (κ3) is 3.68. The van der Waals surface area contributed by atoms with E-state index in [9.17, 15) is 10.2 Å². The summed E-state index contributed by atoms with van der Waals surface area (Å²) in [4.78, 5) is 0. The molecule has 2 atom stereocenters. The lowest BCUT2D eigenvalue weighted by atomic mass is 9.83. The van der Waals surface area contributed by atoms with Gasteiger partial charge in [0.2, 0.25) is 19.3 Å². The van der Waals surface area contributed by atoms with Gasteiger partial charge in [0, 0.05) is 13.2 Å². The van der Waals surface area contributed by atoms with Gasteiger partial charge in [-0.3, -0.25) is 0 Å². The van der Waals surface area contributed by atoms with Gasteiger partial charge in [0.15, 0.2) is 23.0 Å². The molecule has 0 fully saturated rings. The standard InChI is InChI=1S/C21H24O7/c1-24-19-7-14(8-20-21(19)28-12-27-20)5-16(10-23)15(9-22)4-13-2-3-17-18(6-13)26-11-25-17/h2-3,6-8,15-16,22-23H,4-5,9-12H2,1H3. The van der Waals surface area contributed by atoms with E-state index in [4.69, 9.17) is 23.7 Å². The van der Waals surface area contributed by atoms with Crippen LogP contribution in [-0.2, 0) is 12.8 Å². The molecule has 0 saturated heterocycles. The van der Waals surface area contributed by atoms with Crippen molar-refractivity contribution in [1.82, 2.24) is 0 Å². The van der Waals surface area contributed by atoms with Crippen molar-refractivity contribution >= 4 is 0 Å². The van der Waals surface area contributed by atoms with E-state index in [0.29, 0.717) is 30.1 Å². The maximum absolute atomic E-state index is 10.00. The Labute approximate surface area is 163 Å². The molecule has 2 unspecified atom stereocenters. The summed E-state index contributed by atoms with van der Waals surface area (Å²) in [6.45, 7) is 0.337. The Morgan fingerprint density at radius 1 is 0.821 bits per heavy atom. The van der Waals surface area contributed by atoms with Crippen molar-refractivity contribution in [3.63, 3.8) is 0 Å². The van der Waals surface area contributed by atoms with E-state index < -0.39 is 0 Å². The van der Waals surface area contributed by atoms with Crippen LogP contribution in [0.2, 0.25) is 0 Å². The van der Waals surface area contributed by atoms with Crippen LogP contribution in [0.3, 0.4) is 0 Å². The average molecular weight is 388 g/mol. The second-order valence-electron chi connectivity index (χ2n) is 7.01. The Morgan fingerprint density at radius 2 is 1.46 bits per heavy atom. The van der Waals surface area contributed by atoms with Crippen molar-refractivity contribution in [2.75, 3.05) is 33.9 Å². The summed E-state index contributed by atoms with van der Waals surface area (Å²) in [5.74, 6) is 3.07. The van der Waals surface area contributed by atoms with Crippen molar-refractivity contribution in [1.29, 1.82) is 0 Å². The van der Waals surface area contributed by atoms with Gasteiger partial charge in [0.1, 0.15) is 0 Å². The number of aliphatic hydroxyl groups excluding tert-OH is 2. The van der Waals surface area contributed by atoms with Crippen LogP contribution in [0.25, 0.3) is 0 Å². The molecular weight excluding hydrogens is 364 g/mol. The predicted molar refractivity (Wildman–Crippen MR) is 100 cm³/mol. The first-order valence-electron chi connectivity index (χ1n) is 9.28. The Bertz CT molecular complexity index is 836. The van der Waals surface area contributed by atoms with E-state index in [1.807, 2.05) is 30.3 Å². The summed E-state index contributed by atoms with van der Waals surface area (Å²) in [5.41, 5.74) is 1.99. The SMILES string of the molecule is COc1cc(CC(CO)C(CO)Cc2ccc3c(c2)OCO3)cc2c1OCO2. The fraction of sp³-hybridized carbons (Fsp3) is 0.429. The van der Waals surface area contributed by atoms with E-state index in [0.717, 1.165) is 22.6 Å². The molecule has 0 saturated carbocycles. The van der Waals surface area contributed by atoms with Crippen LogP contribution in [0.4, 0.5) is 0 Å². The number of aliphatic hydroxyl groups is 2. The number of ether oxygens (including phenoxy) is 5. The smallest absolute Gasteiger partial charge is 0.231 e. The molecule has 0 radical (unpaired) electrons. The molecule has 2 aliphatic heterocycles. The minimum Gasteiger partial charge on any atom is -0.493 e. The lowest BCUT2D eigenvalue weighted by Gasteiger charge is -2.24. The number of hydrogen-bond acceptors (Lipinski definition) is 7. The maximum atomic E-state index is 10.00. The molecule has 2 aromatic carbocycles. The second kappa shape index (κ2) is 8.16. The minimum atomic E-state index is -0.125. The van der Waals surface area contributed by atoms with Crippen LogP contribution in [0.15, 0.2) is 30.3 Å². The number of hydrogen-bond donors (Lipinski definition) is 2. The molecule has 7 heteroatoms. The van der Waals surface area contributed by atoms with Crippen molar-refractivity contribution in [2.24, 2.45) is 11.8 Å². The second-order valence-corrected chi connectivity index (χ2v) is 7.01. The van der Waals surface area contributed by atoms with Gasteiger partial charge in [0.25, 0.3) is 0 Å². The molecule has 4 rings (SSSR count). The van der Waals surface area contributed by atoms with Crippen molar-refractivity contribution in [3.8, 4) is 28.7 Å². The highest BCUT2D eigenvalue weighted by Crippen LogP contribution is 2.42. The summed E-state index contributed by atoms with van der Waals surface area (Å²) >= 11 is 0. The molecule has 0 amide bonds. The molecule has 28 heavy (non-hydrogen) atoms. The van der Waals surface area contributed by atoms with Crippen LogP contribution < -0.4 is 23.7 Å². The van der Waals surface area contributed by atoms with Gasteiger partial charge >= 0.3 is 0 Å². The molecule has 0 bridgehead atoms. The van der Waals surface area contributed by atoms with Gasteiger partial charge in [-0.25, -0.2) is 0 Å². The highest BCUT2D eigenvalue weighted by molar-refractivity contribution is 5.55. The Balaban J connectivity index is 1.50. The molecular formula is C21H24O7. The topological polar surface area (TPSA) is 86.6 Å². The highest BCUT2D eigenvalue weighted by atomic mass is 16.7. The van der Waals surface area contributed by atoms with Gasteiger partial charge in [-0.1, -0.05) is 6.07 Å². The lowest BCUT2D eigenvalue weighted by Crippen LogP contribution is -2.26. The molecule has 7 nitrogen and oxygen atoms in total. The normalized spacial score (nSPS) is 16.1. The zero-order chi connectivity index (χ0) is 19.5.